The third-order valence-corrected chi connectivity index (χ3v) is 10.6. The van der Waals surface area contributed by atoms with Crippen LogP contribution in [0.15, 0.2) is 42.5 Å². The van der Waals surface area contributed by atoms with Crippen LogP contribution in [0.1, 0.15) is 71.8 Å². The van der Waals surface area contributed by atoms with Crippen molar-refractivity contribution in [3.63, 3.8) is 0 Å². The van der Waals surface area contributed by atoms with E-state index in [1.807, 2.05) is 38.7 Å². The minimum absolute atomic E-state index is 0.0949. The quantitative estimate of drug-likeness (QED) is 0.236. The van der Waals surface area contributed by atoms with Crippen molar-refractivity contribution < 1.29 is 28.8 Å². The zero-order valence-corrected chi connectivity index (χ0v) is 28.1. The second-order valence-electron chi connectivity index (χ2n) is 14.7. The van der Waals surface area contributed by atoms with E-state index in [0.29, 0.717) is 20.0 Å². The van der Waals surface area contributed by atoms with E-state index in [-0.39, 0.29) is 23.9 Å². The number of imidazole rings is 1. The van der Waals surface area contributed by atoms with Gasteiger partial charge in [0.15, 0.2) is 0 Å². The van der Waals surface area contributed by atoms with Crippen molar-refractivity contribution in [2.75, 3.05) is 7.11 Å². The Balaban J connectivity index is 1.18. The van der Waals surface area contributed by atoms with Gasteiger partial charge < -0.3 is 34.4 Å². The fourth-order valence-electron chi connectivity index (χ4n) is 6.93. The molecule has 1 saturated carbocycles. The largest absolute Gasteiger partial charge is 0.488 e. The molecule has 7 rings (SSSR count). The molecule has 2 amide bonds. The number of fused-ring (bicyclic) bond motifs is 7. The molecule has 4 aromatic rings. The number of carbonyl (C=O) groups is 2. The fraction of sp³-hybridized carbons (Fsp3) is 0.472. The maximum absolute atomic E-state index is 13.9. The molecule has 10 nitrogen and oxygen atoms in total. The van der Waals surface area contributed by atoms with Crippen LogP contribution in [0.5, 0.6) is 5.75 Å². The first-order chi connectivity index (χ1) is 22.3. The summed E-state index contributed by atoms with van der Waals surface area (Å²) in [7, 11) is 1.70. The number of nitrogens with one attached hydrogen (secondary N) is 2. The number of likely N-dealkylation sites (tertiary alicyclic amines) is 1. The highest BCUT2D eigenvalue weighted by atomic mass is 16.5. The van der Waals surface area contributed by atoms with Crippen LogP contribution < -0.4 is 15.5 Å². The van der Waals surface area contributed by atoms with Crippen LogP contribution in [0, 0.1) is 11.8 Å². The van der Waals surface area contributed by atoms with E-state index >= 15 is 0 Å². The lowest BCUT2D eigenvalue weighted by molar-refractivity contribution is -0.136. The van der Waals surface area contributed by atoms with Gasteiger partial charge in [0.05, 0.1) is 35.4 Å². The second-order valence-corrected chi connectivity index (χ2v) is 14.7. The zero-order chi connectivity index (χ0) is 33.4. The van der Waals surface area contributed by atoms with Gasteiger partial charge in [-0.15, -0.1) is 0 Å². The van der Waals surface area contributed by atoms with Crippen LogP contribution >= 0.6 is 0 Å². The molecular formula is C36H43BN4O6. The SMILES string of the molecule is COC(=O)N[C@H](C(=O)N1C(c2nc3ccc4cc5c(cc4c3[nH]2)OCc2cc(BOC(C)(C)C(C)(C)O)ccc2-5)CC2C[C@H]21)C(C)C. The van der Waals surface area contributed by atoms with Crippen LogP contribution in [-0.2, 0) is 20.8 Å². The third-order valence-electron chi connectivity index (χ3n) is 10.6. The lowest BCUT2D eigenvalue weighted by Gasteiger charge is -2.37. The van der Waals surface area contributed by atoms with Crippen molar-refractivity contribution in [3.8, 4) is 16.9 Å². The summed E-state index contributed by atoms with van der Waals surface area (Å²) in [4.78, 5) is 36.5. The second kappa shape index (κ2) is 11.3. The van der Waals surface area contributed by atoms with Gasteiger partial charge in [-0.2, -0.15) is 0 Å². The van der Waals surface area contributed by atoms with Gasteiger partial charge in [-0.05, 0) is 87.1 Å². The standard InChI is InChI=1S/C36H43BN4O6/c1-18(2)30(40-34(43)45-7)33(42)41-27-14-20(27)15-28(41)32-38-26-11-8-19-13-25-23-10-9-22(37-47-36(5,6)35(3,4)44)12-21(23)17-46-29(25)16-24(19)31(26)39-32/h8-13,16,18,20,27-28,30,37,44H,14-15,17H2,1-7H3,(H,38,39)(H,40,43)/t20?,27-,28?,30+/m1/s1. The van der Waals surface area contributed by atoms with Gasteiger partial charge in [-0.1, -0.05) is 43.6 Å². The Hall–Kier alpha value is -4.09. The summed E-state index contributed by atoms with van der Waals surface area (Å²) in [6.45, 7) is 11.6. The van der Waals surface area contributed by atoms with E-state index in [1.165, 1.54) is 7.11 Å². The highest BCUT2D eigenvalue weighted by Crippen LogP contribution is 2.53. The number of ether oxygens (including phenoxy) is 2. The molecule has 3 aliphatic rings. The number of methoxy groups -OCH3 is 1. The molecule has 1 saturated heterocycles. The summed E-state index contributed by atoms with van der Waals surface area (Å²) >= 11 is 0. The maximum atomic E-state index is 13.9. The Bertz CT molecular complexity index is 1900. The highest BCUT2D eigenvalue weighted by Gasteiger charge is 2.56. The van der Waals surface area contributed by atoms with Crippen LogP contribution in [0.2, 0.25) is 0 Å². The first-order valence-corrected chi connectivity index (χ1v) is 16.5. The number of hydrogen-bond acceptors (Lipinski definition) is 7. The predicted octanol–water partition coefficient (Wildman–Crippen LogP) is 4.86. The minimum Gasteiger partial charge on any atom is -0.488 e. The number of amides is 2. The monoisotopic (exact) mass is 638 g/mol. The normalized spacial score (nSPS) is 20.8. The Labute approximate surface area is 275 Å². The maximum Gasteiger partial charge on any atom is 0.407 e. The van der Waals surface area contributed by atoms with E-state index in [4.69, 9.17) is 19.1 Å². The van der Waals surface area contributed by atoms with Gasteiger partial charge in [-0.3, -0.25) is 4.79 Å². The number of nitrogens with zero attached hydrogens (tertiary/aromatic N) is 2. The summed E-state index contributed by atoms with van der Waals surface area (Å²) < 4.78 is 17.2. The number of aromatic nitrogens is 2. The van der Waals surface area contributed by atoms with Gasteiger partial charge in [0.2, 0.25) is 5.91 Å². The molecule has 2 fully saturated rings. The molecular weight excluding hydrogens is 595 g/mol. The molecule has 4 atom stereocenters. The molecule has 246 valence electrons. The summed E-state index contributed by atoms with van der Waals surface area (Å²) in [5.74, 6) is 1.83. The number of aromatic amines is 1. The highest BCUT2D eigenvalue weighted by molar-refractivity contribution is 6.47. The number of H-pyrrole nitrogens is 1. The number of hydrogen-bond donors (Lipinski definition) is 3. The van der Waals surface area contributed by atoms with E-state index in [0.717, 1.165) is 68.4 Å². The first kappa shape index (κ1) is 31.5. The molecule has 1 aromatic heterocycles. The van der Waals surface area contributed by atoms with E-state index in [9.17, 15) is 14.7 Å². The van der Waals surface area contributed by atoms with E-state index in [1.54, 1.807) is 13.8 Å². The number of aliphatic hydroxyl groups is 1. The number of alkyl carbamates (subject to hydrolysis) is 1. The van der Waals surface area contributed by atoms with Gasteiger partial charge in [0.25, 0.3) is 0 Å². The smallest absolute Gasteiger partial charge is 0.407 e. The van der Waals surface area contributed by atoms with Crippen LogP contribution in [0.4, 0.5) is 4.79 Å². The number of rotatable bonds is 8. The first-order valence-electron chi connectivity index (χ1n) is 16.5. The number of piperidine rings is 1. The summed E-state index contributed by atoms with van der Waals surface area (Å²) in [6, 6.07) is 14.0. The van der Waals surface area contributed by atoms with Crippen LogP contribution in [0.25, 0.3) is 32.9 Å². The third kappa shape index (κ3) is 5.53. The summed E-state index contributed by atoms with van der Waals surface area (Å²) in [6.07, 6.45) is 1.21. The van der Waals surface area contributed by atoms with Gasteiger partial charge in [0, 0.05) is 17.0 Å². The molecule has 1 aliphatic carbocycles. The molecule has 0 radical (unpaired) electrons. The van der Waals surface area contributed by atoms with Gasteiger partial charge >= 0.3 is 13.6 Å². The lowest BCUT2D eigenvalue weighted by atomic mass is 9.80. The molecule has 0 bridgehead atoms. The van der Waals surface area contributed by atoms with Crippen molar-refractivity contribution in [1.29, 1.82) is 0 Å². The molecule has 47 heavy (non-hydrogen) atoms. The molecule has 3 N–H and O–H groups in total. The Morgan fingerprint density at radius 1 is 1.11 bits per heavy atom. The summed E-state index contributed by atoms with van der Waals surface area (Å²) in [5, 5.41) is 15.3. The van der Waals surface area contributed by atoms with Gasteiger partial charge in [-0.25, -0.2) is 9.78 Å². The molecule has 3 heterocycles. The predicted molar refractivity (Wildman–Crippen MR) is 182 cm³/mol. The average Bonchev–Trinajstić information content (AvgIpc) is 3.47. The van der Waals surface area contributed by atoms with E-state index < -0.39 is 23.3 Å². The fourth-order valence-corrected chi connectivity index (χ4v) is 6.93. The van der Waals surface area contributed by atoms with Crippen molar-refractivity contribution in [2.45, 2.75) is 90.3 Å². The van der Waals surface area contributed by atoms with Crippen molar-refractivity contribution in [2.24, 2.45) is 11.8 Å². The summed E-state index contributed by atoms with van der Waals surface area (Å²) in [5.41, 5.74) is 4.36. The number of carbonyl (C=O) groups excluding carboxylic acids is 2. The molecule has 2 unspecified atom stereocenters. The number of benzene rings is 3. The van der Waals surface area contributed by atoms with Crippen molar-refractivity contribution >= 4 is 46.8 Å². The average molecular weight is 639 g/mol. The van der Waals surface area contributed by atoms with Crippen LogP contribution in [-0.4, -0.2) is 69.9 Å². The van der Waals surface area contributed by atoms with E-state index in [2.05, 4.69) is 46.7 Å². The Kier molecular flexibility index (Phi) is 7.55. The molecule has 3 aromatic carbocycles. The minimum atomic E-state index is -0.973. The Morgan fingerprint density at radius 3 is 2.62 bits per heavy atom. The van der Waals surface area contributed by atoms with Crippen molar-refractivity contribution in [3.05, 3.63) is 53.9 Å². The lowest BCUT2D eigenvalue weighted by Crippen LogP contribution is -2.52. The molecule has 11 heteroatoms. The molecule has 0 spiro atoms. The van der Waals surface area contributed by atoms with Gasteiger partial charge in [0.1, 0.15) is 24.2 Å². The van der Waals surface area contributed by atoms with Crippen LogP contribution in [0.3, 0.4) is 0 Å². The zero-order valence-electron chi connectivity index (χ0n) is 28.1. The Morgan fingerprint density at radius 2 is 1.89 bits per heavy atom. The molecule has 2 aliphatic heterocycles. The topological polar surface area (TPSA) is 126 Å². The van der Waals surface area contributed by atoms with Crippen molar-refractivity contribution in [1.82, 2.24) is 20.2 Å².